The van der Waals surface area contributed by atoms with Crippen molar-refractivity contribution in [3.63, 3.8) is 0 Å². The summed E-state index contributed by atoms with van der Waals surface area (Å²) in [7, 11) is -8.13. The van der Waals surface area contributed by atoms with Gasteiger partial charge in [-0.25, -0.2) is 9.13 Å². The van der Waals surface area contributed by atoms with Gasteiger partial charge in [-0.2, -0.15) is 0 Å². The molecule has 0 heterocycles. The number of phosphoric acid groups is 2. The molecule has 0 aliphatic heterocycles. The zero-order chi connectivity index (χ0) is 47.2. The predicted octanol–water partition coefficient (Wildman–Crippen LogP) is 20.0. The van der Waals surface area contributed by atoms with Crippen LogP contribution in [0.15, 0.2) is 0 Å². The largest absolute Gasteiger partial charge is 0.472 e. The monoisotopic (exact) mass is 953 g/mol. The summed E-state index contributed by atoms with van der Waals surface area (Å²) in [6.07, 6.45) is 62.9. The Balaban J connectivity index is 0. The quantitative estimate of drug-likeness (QED) is 0.0407. The second kappa shape index (κ2) is 55.8. The molecule has 8 nitrogen and oxygen atoms in total. The second-order valence-electron chi connectivity index (χ2n) is 19.4. The van der Waals surface area contributed by atoms with Crippen LogP contribution in [0, 0.1) is 0 Å². The van der Waals surface area contributed by atoms with Gasteiger partial charge in [-0.15, -0.1) is 0 Å². The lowest BCUT2D eigenvalue weighted by atomic mass is 10.0. The number of unbranched alkanes of at least 4 members (excludes halogenated alkanes) is 45. The van der Waals surface area contributed by atoms with Crippen molar-refractivity contribution in [2.45, 2.75) is 329 Å². The average molecular weight is 953 g/mol. The van der Waals surface area contributed by atoms with Crippen molar-refractivity contribution in [3.05, 3.63) is 0 Å². The van der Waals surface area contributed by atoms with Crippen molar-refractivity contribution in [1.29, 1.82) is 0 Å². The zero-order valence-corrected chi connectivity index (χ0v) is 45.1. The molecule has 0 fully saturated rings. The smallest absolute Gasteiger partial charge is 0.303 e. The minimum absolute atomic E-state index is 0.169. The summed E-state index contributed by atoms with van der Waals surface area (Å²) in [5.41, 5.74) is 0. The van der Waals surface area contributed by atoms with Gasteiger partial charge in [0.1, 0.15) is 0 Å². The van der Waals surface area contributed by atoms with Gasteiger partial charge < -0.3 is 14.7 Å². The van der Waals surface area contributed by atoms with Crippen molar-refractivity contribution in [3.8, 4) is 0 Å². The summed E-state index contributed by atoms with van der Waals surface area (Å²) in [6, 6.07) is 0. The molecule has 388 valence electrons. The maximum Gasteiger partial charge on any atom is 0.472 e. The number of hydrogen-bond donors (Lipinski definition) is 3. The maximum absolute atomic E-state index is 12.0. The summed E-state index contributed by atoms with van der Waals surface area (Å²) < 4.78 is 37.3. The van der Waals surface area contributed by atoms with Crippen molar-refractivity contribution in [2.75, 3.05) is 19.8 Å². The van der Waals surface area contributed by atoms with Gasteiger partial charge in [0, 0.05) is 0 Å². The van der Waals surface area contributed by atoms with E-state index in [4.69, 9.17) is 18.8 Å². The Labute approximate surface area is 400 Å². The third-order valence-corrected chi connectivity index (χ3v) is 14.3. The molecule has 0 aromatic carbocycles. The Hall–Kier alpha value is 0.220. The predicted molar refractivity (Wildman–Crippen MR) is 278 cm³/mol. The molecule has 0 amide bonds. The van der Waals surface area contributed by atoms with Crippen LogP contribution >= 0.6 is 15.6 Å². The molecule has 0 spiro atoms. The molecule has 0 atom stereocenters. The van der Waals surface area contributed by atoms with Gasteiger partial charge in [0.15, 0.2) is 0 Å². The molecular weight excluding hydrogens is 839 g/mol. The highest BCUT2D eigenvalue weighted by Crippen LogP contribution is 2.43. The summed E-state index contributed by atoms with van der Waals surface area (Å²) in [5.74, 6) is 0. The lowest BCUT2D eigenvalue weighted by Crippen LogP contribution is -1.99. The van der Waals surface area contributed by atoms with E-state index in [0.29, 0.717) is 13.2 Å². The van der Waals surface area contributed by atoms with Crippen LogP contribution in [0.2, 0.25) is 0 Å². The molecule has 0 saturated carbocycles. The third-order valence-electron chi connectivity index (χ3n) is 12.8. The van der Waals surface area contributed by atoms with E-state index in [2.05, 4.69) is 25.3 Å². The first-order valence-corrected chi connectivity index (χ1v) is 31.5. The van der Waals surface area contributed by atoms with Crippen molar-refractivity contribution < 1.29 is 37.4 Å². The highest BCUT2D eigenvalue weighted by Gasteiger charge is 2.20. The maximum atomic E-state index is 12.0. The van der Waals surface area contributed by atoms with Crippen LogP contribution < -0.4 is 0 Å². The lowest BCUT2D eigenvalue weighted by Gasteiger charge is -2.12. The first-order chi connectivity index (χ1) is 31.2. The van der Waals surface area contributed by atoms with Crippen LogP contribution in [0.25, 0.3) is 0 Å². The van der Waals surface area contributed by atoms with Gasteiger partial charge in [-0.1, -0.05) is 310 Å². The molecule has 0 radical (unpaired) electrons. The number of phosphoric ester groups is 2. The first-order valence-electron chi connectivity index (χ1n) is 28.5. The molecule has 10 heteroatoms. The average Bonchev–Trinajstić information content (AvgIpc) is 3.26. The Morgan fingerprint density at radius 2 is 0.375 bits per heavy atom. The lowest BCUT2D eigenvalue weighted by molar-refractivity contribution is 0.145. The molecule has 0 unspecified atom stereocenters. The van der Waals surface area contributed by atoms with Gasteiger partial charge in [-0.05, 0) is 19.3 Å². The summed E-state index contributed by atoms with van der Waals surface area (Å²) >= 11 is 0. The van der Waals surface area contributed by atoms with Crippen LogP contribution in [0.1, 0.15) is 329 Å². The van der Waals surface area contributed by atoms with Crippen molar-refractivity contribution in [2.24, 2.45) is 0 Å². The zero-order valence-electron chi connectivity index (χ0n) is 43.3. The molecule has 3 N–H and O–H groups in total. The third kappa shape index (κ3) is 64.3. The van der Waals surface area contributed by atoms with Crippen molar-refractivity contribution in [1.82, 2.24) is 0 Å². The molecule has 0 aliphatic carbocycles. The fourth-order valence-electron chi connectivity index (χ4n) is 8.53. The normalized spacial score (nSPS) is 12.0. The summed E-state index contributed by atoms with van der Waals surface area (Å²) in [6.45, 7) is 7.64. The molecule has 0 aliphatic rings. The van der Waals surface area contributed by atoms with Crippen molar-refractivity contribution >= 4 is 15.6 Å². The van der Waals surface area contributed by atoms with Crippen LogP contribution in [0.4, 0.5) is 0 Å². The van der Waals surface area contributed by atoms with E-state index in [1.165, 1.54) is 263 Å². The SMILES string of the molecule is CCCCCCCCCCCCCCCCCCOP(=O)(O)O.CCCCCCCCCCCCCCCCCCOP(=O)(O)OCCCCCCCCCCCCCCCCCC. The second-order valence-corrected chi connectivity index (χ2v) is 22.1. The minimum Gasteiger partial charge on any atom is -0.303 e. The van der Waals surface area contributed by atoms with Gasteiger partial charge in [-0.3, -0.25) is 13.6 Å². The van der Waals surface area contributed by atoms with Gasteiger partial charge in [0.2, 0.25) is 0 Å². The van der Waals surface area contributed by atoms with E-state index in [-0.39, 0.29) is 6.61 Å². The molecular formula is C54H114O8P2. The standard InChI is InChI=1S/C36H75O4P.C18H39O4P/c1-3-5-7-9-11-13-15-17-19-21-23-25-27-29-31-33-35-39-41(37,38)40-36-34-32-30-28-26-24-22-20-18-16-14-12-10-8-6-4-2;1-2-3-4-5-6-7-8-9-10-11-12-13-14-15-16-17-18-22-23(19,20)21/h3-36H2,1-2H3,(H,37,38);2-18H2,1H3,(H2,19,20,21). The first kappa shape index (κ1) is 66.3. The van der Waals surface area contributed by atoms with Gasteiger partial charge >= 0.3 is 15.6 Å². The fourth-order valence-corrected chi connectivity index (χ4v) is 9.69. The Kier molecular flexibility index (Phi) is 57.8. The number of hydrogen-bond acceptors (Lipinski definition) is 5. The molecule has 64 heavy (non-hydrogen) atoms. The molecule has 0 bridgehead atoms. The van der Waals surface area contributed by atoms with E-state index >= 15 is 0 Å². The summed E-state index contributed by atoms with van der Waals surface area (Å²) in [4.78, 5) is 26.9. The fraction of sp³-hybridized carbons (Fsp3) is 1.00. The van der Waals surface area contributed by atoms with Crippen LogP contribution in [-0.2, 0) is 22.7 Å². The highest BCUT2D eigenvalue weighted by atomic mass is 31.2. The molecule has 0 rings (SSSR count). The van der Waals surface area contributed by atoms with E-state index in [1.807, 2.05) is 0 Å². The van der Waals surface area contributed by atoms with Gasteiger partial charge in [0.25, 0.3) is 0 Å². The number of rotatable bonds is 54. The van der Waals surface area contributed by atoms with Crippen LogP contribution in [0.3, 0.4) is 0 Å². The van der Waals surface area contributed by atoms with E-state index in [1.54, 1.807) is 0 Å². The topological polar surface area (TPSA) is 123 Å². The van der Waals surface area contributed by atoms with Gasteiger partial charge in [0.05, 0.1) is 19.8 Å². The Morgan fingerprint density at radius 3 is 0.531 bits per heavy atom. The Bertz CT molecular complexity index is 906. The molecule has 0 aromatic heterocycles. The van der Waals surface area contributed by atoms with E-state index in [0.717, 1.165) is 44.9 Å². The summed E-state index contributed by atoms with van der Waals surface area (Å²) in [5, 5.41) is 0. The van der Waals surface area contributed by atoms with Crippen LogP contribution in [0.5, 0.6) is 0 Å². The van der Waals surface area contributed by atoms with E-state index in [9.17, 15) is 14.0 Å². The minimum atomic E-state index is -4.26. The molecule has 0 saturated heterocycles. The highest BCUT2D eigenvalue weighted by molar-refractivity contribution is 7.47. The van der Waals surface area contributed by atoms with Crippen LogP contribution in [-0.4, -0.2) is 34.5 Å². The molecule has 0 aromatic rings. The van der Waals surface area contributed by atoms with E-state index < -0.39 is 15.6 Å². The Morgan fingerprint density at radius 1 is 0.234 bits per heavy atom.